The minimum atomic E-state index is -1.99. The van der Waals surface area contributed by atoms with Gasteiger partial charge >= 0.3 is 0 Å². The first-order valence-corrected chi connectivity index (χ1v) is 6.90. The summed E-state index contributed by atoms with van der Waals surface area (Å²) < 4.78 is 14.8. The monoisotopic (exact) mass is 339 g/mol. The summed E-state index contributed by atoms with van der Waals surface area (Å²) in [6.07, 6.45) is -16.8. The summed E-state index contributed by atoms with van der Waals surface area (Å²) >= 11 is 0. The lowest BCUT2D eigenvalue weighted by Gasteiger charge is -2.45. The molecule has 0 aromatic carbocycles. The molecule has 23 heavy (non-hydrogen) atoms. The van der Waals surface area contributed by atoms with Crippen LogP contribution in [0.1, 0.15) is 6.92 Å². The molecule has 2 aliphatic rings. The maximum atomic E-state index is 10.9. The van der Waals surface area contributed by atoms with Crippen molar-refractivity contribution in [2.24, 2.45) is 0 Å². The number of carboxylic acids is 1. The molecular formula is C12H19O11-. The van der Waals surface area contributed by atoms with E-state index in [1.54, 1.807) is 0 Å². The highest BCUT2D eigenvalue weighted by Gasteiger charge is 2.50. The quantitative estimate of drug-likeness (QED) is 0.287. The summed E-state index contributed by atoms with van der Waals surface area (Å²) in [5, 5.41) is 69.1. The molecule has 2 saturated heterocycles. The molecule has 0 saturated carbocycles. The van der Waals surface area contributed by atoms with Crippen molar-refractivity contribution in [1.82, 2.24) is 0 Å². The summed E-state index contributed by atoms with van der Waals surface area (Å²) in [6, 6.07) is 0. The van der Waals surface area contributed by atoms with E-state index in [0.717, 1.165) is 0 Å². The second-order valence-corrected chi connectivity index (χ2v) is 5.53. The normalized spacial score (nSPS) is 51.4. The fourth-order valence-corrected chi connectivity index (χ4v) is 2.48. The number of carbonyl (C=O) groups is 1. The Balaban J connectivity index is 2.14. The van der Waals surface area contributed by atoms with Crippen molar-refractivity contribution in [2.75, 3.05) is 0 Å². The first kappa shape index (κ1) is 18.4. The van der Waals surface area contributed by atoms with Crippen molar-refractivity contribution in [3.63, 3.8) is 0 Å². The summed E-state index contributed by atoms with van der Waals surface area (Å²) in [5.74, 6) is -1.84. The Labute approximate surface area is 130 Å². The van der Waals surface area contributed by atoms with Gasteiger partial charge in [0.15, 0.2) is 12.6 Å². The van der Waals surface area contributed by atoms with Crippen LogP contribution in [0.15, 0.2) is 0 Å². The number of rotatable bonds is 3. The van der Waals surface area contributed by atoms with Gasteiger partial charge in [0.1, 0.15) is 42.7 Å². The van der Waals surface area contributed by atoms with Gasteiger partial charge in [-0.2, -0.15) is 0 Å². The van der Waals surface area contributed by atoms with Gasteiger partial charge in [0.2, 0.25) is 0 Å². The minimum absolute atomic E-state index is 0.950. The molecule has 0 aromatic rings. The first-order chi connectivity index (χ1) is 10.6. The van der Waals surface area contributed by atoms with Crippen molar-refractivity contribution < 1.29 is 54.8 Å². The van der Waals surface area contributed by atoms with Gasteiger partial charge in [-0.15, -0.1) is 0 Å². The van der Waals surface area contributed by atoms with E-state index in [-0.39, 0.29) is 0 Å². The number of carboxylic acid groups (broad SMARTS) is 1. The van der Waals surface area contributed by atoms with Crippen LogP contribution in [0.3, 0.4) is 0 Å². The van der Waals surface area contributed by atoms with Crippen LogP contribution < -0.4 is 5.11 Å². The predicted molar refractivity (Wildman–Crippen MR) is 65.1 cm³/mol. The number of carbonyl (C=O) groups excluding carboxylic acids is 1. The molecule has 2 rings (SSSR count). The Morgan fingerprint density at radius 1 is 0.913 bits per heavy atom. The molecule has 11 nitrogen and oxygen atoms in total. The second kappa shape index (κ2) is 6.93. The summed E-state index contributed by atoms with van der Waals surface area (Å²) in [6.45, 7) is 1.38. The number of aliphatic hydroxyl groups is 6. The Bertz CT molecular complexity index is 431. The van der Waals surface area contributed by atoms with Crippen molar-refractivity contribution in [2.45, 2.75) is 68.3 Å². The topological polar surface area (TPSA) is 189 Å². The van der Waals surface area contributed by atoms with Crippen molar-refractivity contribution in [1.29, 1.82) is 0 Å². The summed E-state index contributed by atoms with van der Waals surface area (Å²) in [4.78, 5) is 10.9. The number of hydrogen-bond acceptors (Lipinski definition) is 11. The Morgan fingerprint density at radius 2 is 1.52 bits per heavy atom. The molecule has 10 atom stereocenters. The highest BCUT2D eigenvalue weighted by molar-refractivity contribution is 5.71. The molecule has 6 N–H and O–H groups in total. The molecule has 1 unspecified atom stereocenters. The second-order valence-electron chi connectivity index (χ2n) is 5.53. The molecule has 11 heteroatoms. The predicted octanol–water partition coefficient (Wildman–Crippen LogP) is -5.61. The SMILES string of the molecule is C[C@@H]1O[C@@H](O[C@H]2[C@H](O)[C@@H](C(=O)[O-])OC(O)[C@@H]2O)[C@H](O)[C@H](O)[C@H]1O. The van der Waals surface area contributed by atoms with Crippen LogP contribution in [0, 0.1) is 0 Å². The van der Waals surface area contributed by atoms with Gasteiger partial charge in [0.25, 0.3) is 0 Å². The van der Waals surface area contributed by atoms with Crippen LogP contribution in [0.4, 0.5) is 0 Å². The van der Waals surface area contributed by atoms with Gasteiger partial charge in [-0.05, 0) is 6.92 Å². The summed E-state index contributed by atoms with van der Waals surface area (Å²) in [5.41, 5.74) is 0. The molecule has 2 heterocycles. The van der Waals surface area contributed by atoms with Gasteiger partial charge < -0.3 is 54.8 Å². The average Bonchev–Trinajstić information content (AvgIpc) is 2.49. The Kier molecular flexibility index (Phi) is 5.56. The molecule has 0 bridgehead atoms. The van der Waals surface area contributed by atoms with Crippen LogP contribution in [0.25, 0.3) is 0 Å². The van der Waals surface area contributed by atoms with E-state index >= 15 is 0 Å². The molecule has 0 radical (unpaired) electrons. The third kappa shape index (κ3) is 3.47. The maximum absolute atomic E-state index is 10.9. The molecule has 0 amide bonds. The van der Waals surface area contributed by atoms with Crippen molar-refractivity contribution >= 4 is 5.97 Å². The van der Waals surface area contributed by atoms with Gasteiger partial charge in [-0.25, -0.2) is 0 Å². The van der Waals surface area contributed by atoms with Crippen molar-refractivity contribution in [3.05, 3.63) is 0 Å². The van der Waals surface area contributed by atoms with Crippen LogP contribution >= 0.6 is 0 Å². The van der Waals surface area contributed by atoms with Crippen LogP contribution in [-0.2, 0) is 19.0 Å². The maximum Gasteiger partial charge on any atom is 0.187 e. The Morgan fingerprint density at radius 3 is 2.09 bits per heavy atom. The number of aliphatic carboxylic acids is 1. The third-order valence-corrected chi connectivity index (χ3v) is 3.89. The lowest BCUT2D eigenvalue weighted by atomic mass is 9.97. The molecule has 2 aliphatic heterocycles. The first-order valence-electron chi connectivity index (χ1n) is 6.90. The number of hydrogen-bond donors (Lipinski definition) is 6. The molecule has 0 spiro atoms. The van der Waals surface area contributed by atoms with E-state index < -0.39 is 67.4 Å². The standard InChI is InChI=1S/C12H20O11/c1-2-3(13)4(14)5(15)12(21-2)23-8-6(16)9(10(18)19)22-11(20)7(8)17/h2-9,11-17,20H,1H3,(H,18,19)/p-1/t2-,3-,4+,5+,6-,7+,8-,9-,11?,12-/m0/s1. The molecule has 0 aliphatic carbocycles. The van der Waals surface area contributed by atoms with Gasteiger partial charge in [-0.3, -0.25) is 0 Å². The lowest BCUT2D eigenvalue weighted by Crippen LogP contribution is -2.65. The van der Waals surface area contributed by atoms with Gasteiger partial charge in [-0.1, -0.05) is 0 Å². The van der Waals surface area contributed by atoms with E-state index in [2.05, 4.69) is 4.74 Å². The fourth-order valence-electron chi connectivity index (χ4n) is 2.48. The summed E-state index contributed by atoms with van der Waals surface area (Å²) in [7, 11) is 0. The van der Waals surface area contributed by atoms with E-state index in [9.17, 15) is 40.5 Å². The van der Waals surface area contributed by atoms with E-state index in [1.165, 1.54) is 6.92 Å². The van der Waals surface area contributed by atoms with Crippen LogP contribution in [-0.4, -0.2) is 98.0 Å². The van der Waals surface area contributed by atoms with Gasteiger partial charge in [0, 0.05) is 0 Å². The zero-order valence-corrected chi connectivity index (χ0v) is 12.0. The van der Waals surface area contributed by atoms with Crippen LogP contribution in [0.5, 0.6) is 0 Å². The molecule has 2 fully saturated rings. The van der Waals surface area contributed by atoms with Crippen molar-refractivity contribution in [3.8, 4) is 0 Å². The molecule has 0 aromatic heterocycles. The fraction of sp³-hybridized carbons (Fsp3) is 0.917. The number of ether oxygens (including phenoxy) is 3. The van der Waals surface area contributed by atoms with E-state index in [0.29, 0.717) is 0 Å². The minimum Gasteiger partial charge on any atom is -0.547 e. The Hall–Kier alpha value is -0.890. The lowest BCUT2D eigenvalue weighted by molar-refractivity contribution is -0.367. The molecular weight excluding hydrogens is 320 g/mol. The zero-order chi connectivity index (χ0) is 17.5. The van der Waals surface area contributed by atoms with Crippen LogP contribution in [0.2, 0.25) is 0 Å². The number of aliphatic hydroxyl groups excluding tert-OH is 6. The molecule has 134 valence electrons. The highest BCUT2D eigenvalue weighted by Crippen LogP contribution is 2.28. The smallest absolute Gasteiger partial charge is 0.187 e. The zero-order valence-electron chi connectivity index (χ0n) is 12.0. The largest absolute Gasteiger partial charge is 0.547 e. The average molecular weight is 339 g/mol. The van der Waals surface area contributed by atoms with E-state index in [4.69, 9.17) is 9.47 Å². The van der Waals surface area contributed by atoms with Gasteiger partial charge in [0.05, 0.1) is 12.1 Å². The highest BCUT2D eigenvalue weighted by atomic mass is 16.7. The van der Waals surface area contributed by atoms with E-state index in [1.807, 2.05) is 0 Å². The third-order valence-electron chi connectivity index (χ3n) is 3.89.